The summed E-state index contributed by atoms with van der Waals surface area (Å²) in [6.07, 6.45) is 10.1. The summed E-state index contributed by atoms with van der Waals surface area (Å²) in [5.41, 5.74) is 2.08. The van der Waals surface area contributed by atoms with Gasteiger partial charge in [-0.1, -0.05) is 34.9 Å². The molecule has 0 aromatic heterocycles. The fourth-order valence-corrected chi connectivity index (χ4v) is 6.25. The summed E-state index contributed by atoms with van der Waals surface area (Å²) in [4.78, 5) is 19.2. The summed E-state index contributed by atoms with van der Waals surface area (Å²) in [7, 11) is -8.72. The van der Waals surface area contributed by atoms with Crippen molar-refractivity contribution in [3.63, 3.8) is 0 Å². The van der Waals surface area contributed by atoms with Crippen LogP contribution in [0.25, 0.3) is 0 Å². The van der Waals surface area contributed by atoms with E-state index in [0.29, 0.717) is 0 Å². The van der Waals surface area contributed by atoms with Crippen LogP contribution in [0.3, 0.4) is 0 Å². The van der Waals surface area contributed by atoms with Gasteiger partial charge in [0.15, 0.2) is 0 Å². The topological polar surface area (TPSA) is 105 Å². The van der Waals surface area contributed by atoms with Gasteiger partial charge in [-0.3, -0.25) is 14.4 Å². The molecule has 31 heavy (non-hydrogen) atoms. The van der Waals surface area contributed by atoms with E-state index < -0.39 is 20.7 Å². The predicted molar refractivity (Wildman–Crippen MR) is 134 cm³/mol. The zero-order valence-corrected chi connectivity index (χ0v) is 20.5. The summed E-state index contributed by atoms with van der Waals surface area (Å²) in [6.45, 7) is 11.7. The number of hydrogen-bond donors (Lipinski definition) is 3. The van der Waals surface area contributed by atoms with Crippen LogP contribution >= 0.6 is 15.2 Å². The maximum absolute atomic E-state index is 12.8. The van der Waals surface area contributed by atoms with Gasteiger partial charge in [0.05, 0.1) is 13.2 Å². The van der Waals surface area contributed by atoms with Crippen LogP contribution in [0.4, 0.5) is 0 Å². The van der Waals surface area contributed by atoms with Gasteiger partial charge >= 0.3 is 74.3 Å². The molecule has 0 spiro atoms. The zero-order valence-electron chi connectivity index (χ0n) is 18.7. The van der Waals surface area contributed by atoms with Gasteiger partial charge in [-0.05, 0) is 67.2 Å². The molecule has 11 heteroatoms. The van der Waals surface area contributed by atoms with E-state index in [4.69, 9.17) is 9.05 Å². The van der Waals surface area contributed by atoms with Crippen molar-refractivity contribution in [2.45, 2.75) is 72.7 Å². The second kappa shape index (κ2) is 19.8. The third kappa shape index (κ3) is 17.6. The number of nitrogens with one attached hydrogen (secondary N) is 1. The fraction of sp³-hybridized carbons (Fsp3) is 0.700. The van der Waals surface area contributed by atoms with Crippen LogP contribution in [0.2, 0.25) is 0 Å². The first-order valence-corrected chi connectivity index (χ1v) is 13.4. The van der Waals surface area contributed by atoms with E-state index in [9.17, 15) is 18.9 Å². The minimum absolute atomic E-state index is 0. The van der Waals surface area contributed by atoms with Crippen LogP contribution in [-0.2, 0) is 18.2 Å². The molecule has 0 amide bonds. The van der Waals surface area contributed by atoms with Gasteiger partial charge < -0.3 is 18.8 Å². The normalized spacial score (nSPS) is 13.8. The Morgan fingerprint density at radius 2 is 1.32 bits per heavy atom. The van der Waals surface area contributed by atoms with Crippen molar-refractivity contribution >= 4 is 74.3 Å². The van der Waals surface area contributed by atoms with Crippen molar-refractivity contribution in [1.82, 2.24) is 5.32 Å². The predicted octanol–water partition coefficient (Wildman–Crippen LogP) is 4.43. The number of hydrogen-bond acceptors (Lipinski definition) is 5. The Morgan fingerprint density at radius 1 is 0.871 bits per heavy atom. The van der Waals surface area contributed by atoms with Crippen LogP contribution in [0.15, 0.2) is 34.9 Å². The van der Waals surface area contributed by atoms with Gasteiger partial charge in [0, 0.05) is 6.54 Å². The quantitative estimate of drug-likeness (QED) is 0.174. The second-order valence-electron chi connectivity index (χ2n) is 7.21. The molecule has 0 aliphatic rings. The van der Waals surface area contributed by atoms with Gasteiger partial charge in [0.1, 0.15) is 0 Å². The Kier molecular flexibility index (Phi) is 23.6. The summed E-state index contributed by atoms with van der Waals surface area (Å²) in [6, 6.07) is 0. The van der Waals surface area contributed by atoms with Crippen molar-refractivity contribution in [2.75, 3.05) is 19.8 Å². The Labute approximate surface area is 233 Å². The number of rotatable bonds is 15. The third-order valence-electron chi connectivity index (χ3n) is 4.11. The van der Waals surface area contributed by atoms with Crippen LogP contribution in [0, 0.1) is 0 Å². The first-order valence-electron chi connectivity index (χ1n) is 10.1. The van der Waals surface area contributed by atoms with E-state index in [2.05, 4.69) is 38.2 Å². The molecule has 0 saturated carbocycles. The van der Waals surface area contributed by atoms with Gasteiger partial charge in [0.2, 0.25) is 5.52 Å². The van der Waals surface area contributed by atoms with Crippen LogP contribution < -0.4 is 5.32 Å². The minimum atomic E-state index is -4.74. The molecule has 0 radical (unpaired) electrons. The van der Waals surface area contributed by atoms with Crippen LogP contribution in [0.5, 0.6) is 0 Å². The summed E-state index contributed by atoms with van der Waals surface area (Å²) >= 11 is 0. The second-order valence-corrected chi connectivity index (χ2v) is 11.4. The molecule has 0 aromatic rings. The zero-order chi connectivity index (χ0) is 22.5. The molecule has 7 nitrogen and oxygen atoms in total. The van der Waals surface area contributed by atoms with Gasteiger partial charge in [-0.2, -0.15) is 0 Å². The van der Waals surface area contributed by atoms with Crippen LogP contribution in [0.1, 0.15) is 67.2 Å². The molecular formula is C20H41NNa2O6P2. The Morgan fingerprint density at radius 3 is 1.74 bits per heavy atom. The van der Waals surface area contributed by atoms with Crippen molar-refractivity contribution in [3.05, 3.63) is 34.9 Å². The van der Waals surface area contributed by atoms with E-state index in [1.54, 1.807) is 13.8 Å². The summed E-state index contributed by atoms with van der Waals surface area (Å²) < 4.78 is 34.8. The molecule has 0 rings (SSSR count). The molecule has 0 aliphatic carbocycles. The first kappa shape index (κ1) is 37.0. The average molecular weight is 499 g/mol. The Balaban J connectivity index is -0.00000392. The molecule has 1 unspecified atom stereocenters. The SMILES string of the molecule is CCOP(=O)(OCC)C(NC/C=C(\C)CC/C=C(\C)CCC=C(C)C)P(=O)(O)O.[NaH].[NaH]. The summed E-state index contributed by atoms with van der Waals surface area (Å²) in [5, 5.41) is 2.66. The maximum atomic E-state index is 12.8. The molecule has 0 fully saturated rings. The molecule has 174 valence electrons. The Bertz CT molecular complexity index is 663. The molecule has 1 atom stereocenters. The molecule has 0 saturated heterocycles. The molecule has 0 aliphatic heterocycles. The van der Waals surface area contributed by atoms with E-state index >= 15 is 0 Å². The van der Waals surface area contributed by atoms with Crippen molar-refractivity contribution in [3.8, 4) is 0 Å². The van der Waals surface area contributed by atoms with E-state index in [1.807, 2.05) is 13.0 Å². The Hall–Kier alpha value is 1.48. The van der Waals surface area contributed by atoms with Crippen molar-refractivity contribution in [2.24, 2.45) is 0 Å². The molecule has 0 heterocycles. The third-order valence-corrected chi connectivity index (χ3v) is 8.70. The monoisotopic (exact) mass is 499 g/mol. The standard InChI is InChI=1S/C20H39NO6P2.2Na.2H/c1-7-26-29(25,27-8-2)20(28(22,23)24)21-16-15-19(6)14-10-13-18(5)12-9-11-17(3)4;;;;/h11,13,15,20-21H,7-10,12,14,16H2,1-6H3,(H2,22,23,24);;;;/b18-13+,19-15+;;;;. The van der Waals surface area contributed by atoms with Gasteiger partial charge in [-0.15, -0.1) is 0 Å². The molecule has 0 aromatic carbocycles. The summed E-state index contributed by atoms with van der Waals surface area (Å²) in [5.74, 6) is 0. The fourth-order valence-electron chi connectivity index (χ4n) is 2.63. The van der Waals surface area contributed by atoms with E-state index in [-0.39, 0.29) is 78.9 Å². The van der Waals surface area contributed by atoms with E-state index in [0.717, 1.165) is 31.3 Å². The molecule has 0 bridgehead atoms. The van der Waals surface area contributed by atoms with Crippen molar-refractivity contribution in [1.29, 1.82) is 0 Å². The first-order chi connectivity index (χ1) is 13.5. The van der Waals surface area contributed by atoms with Crippen LogP contribution in [-0.4, -0.2) is 94.2 Å². The van der Waals surface area contributed by atoms with Gasteiger partial charge in [0.25, 0.3) is 0 Å². The molecule has 3 N–H and O–H groups in total. The van der Waals surface area contributed by atoms with Gasteiger partial charge in [-0.25, -0.2) is 0 Å². The number of allylic oxidation sites excluding steroid dienone is 5. The van der Waals surface area contributed by atoms with E-state index in [1.165, 1.54) is 11.1 Å². The average Bonchev–Trinajstić information content (AvgIpc) is 2.57. The van der Waals surface area contributed by atoms with Crippen molar-refractivity contribution < 1.29 is 28.0 Å². The molecular weight excluding hydrogens is 458 g/mol.